The van der Waals surface area contributed by atoms with Crippen LogP contribution in [0.1, 0.15) is 30.2 Å². The lowest BCUT2D eigenvalue weighted by Gasteiger charge is -2.30. The number of nitrogens with one attached hydrogen (secondary N) is 1. The Hall–Kier alpha value is -1.79. The highest BCUT2D eigenvalue weighted by Gasteiger charge is 2.22. The Balaban J connectivity index is 1.68. The summed E-state index contributed by atoms with van der Waals surface area (Å²) in [5.41, 5.74) is 0.845. The van der Waals surface area contributed by atoms with Crippen molar-refractivity contribution in [2.75, 3.05) is 26.2 Å². The van der Waals surface area contributed by atoms with Crippen LogP contribution in [0, 0.1) is 5.82 Å². The zero-order valence-corrected chi connectivity index (χ0v) is 12.1. The summed E-state index contributed by atoms with van der Waals surface area (Å²) in [4.78, 5) is 6.76. The largest absolute Gasteiger partial charge is 0.338 e. The van der Waals surface area contributed by atoms with E-state index in [1.807, 2.05) is 6.07 Å². The SMILES string of the molecule is CC(c1nc(Cc2cccc(F)c2)no1)N1CCNCC1. The van der Waals surface area contributed by atoms with Gasteiger partial charge in [0.2, 0.25) is 5.89 Å². The third-order valence-corrected chi connectivity index (χ3v) is 3.79. The third kappa shape index (κ3) is 3.46. The van der Waals surface area contributed by atoms with Crippen molar-refractivity contribution in [2.24, 2.45) is 0 Å². The maximum absolute atomic E-state index is 13.2. The zero-order valence-electron chi connectivity index (χ0n) is 12.1. The molecule has 6 heteroatoms. The molecule has 0 bridgehead atoms. The Morgan fingerprint density at radius 3 is 2.95 bits per heavy atom. The minimum absolute atomic E-state index is 0.112. The van der Waals surface area contributed by atoms with Crippen LogP contribution in [-0.4, -0.2) is 41.2 Å². The normalized spacial score (nSPS) is 17.8. The van der Waals surface area contributed by atoms with Gasteiger partial charge in [0.25, 0.3) is 0 Å². The van der Waals surface area contributed by atoms with Crippen LogP contribution >= 0.6 is 0 Å². The van der Waals surface area contributed by atoms with E-state index in [4.69, 9.17) is 4.52 Å². The maximum Gasteiger partial charge on any atom is 0.243 e. The molecule has 1 aliphatic heterocycles. The fourth-order valence-electron chi connectivity index (χ4n) is 2.56. The first kappa shape index (κ1) is 14.2. The summed E-state index contributed by atoms with van der Waals surface area (Å²) in [5, 5.41) is 7.33. The molecule has 2 heterocycles. The summed E-state index contributed by atoms with van der Waals surface area (Å²) < 4.78 is 18.5. The molecule has 21 heavy (non-hydrogen) atoms. The highest BCUT2D eigenvalue weighted by atomic mass is 19.1. The molecule has 3 rings (SSSR count). The Bertz CT molecular complexity index is 595. The first-order valence-electron chi connectivity index (χ1n) is 7.24. The van der Waals surface area contributed by atoms with Crippen molar-refractivity contribution in [3.8, 4) is 0 Å². The molecule has 0 amide bonds. The fraction of sp³-hybridized carbons (Fsp3) is 0.467. The molecular formula is C15H19FN4O. The van der Waals surface area contributed by atoms with Crippen molar-refractivity contribution in [1.29, 1.82) is 0 Å². The second kappa shape index (κ2) is 6.32. The van der Waals surface area contributed by atoms with Crippen molar-refractivity contribution in [3.05, 3.63) is 47.4 Å². The molecule has 1 atom stereocenters. The molecule has 0 spiro atoms. The first-order valence-corrected chi connectivity index (χ1v) is 7.24. The molecule has 0 saturated carbocycles. The Morgan fingerprint density at radius 2 is 2.19 bits per heavy atom. The first-order chi connectivity index (χ1) is 10.2. The van der Waals surface area contributed by atoms with E-state index in [1.165, 1.54) is 12.1 Å². The fourth-order valence-corrected chi connectivity index (χ4v) is 2.56. The Kier molecular flexibility index (Phi) is 4.26. The van der Waals surface area contributed by atoms with E-state index < -0.39 is 0 Å². The average Bonchev–Trinajstić information content (AvgIpc) is 2.96. The van der Waals surface area contributed by atoms with Gasteiger partial charge in [-0.2, -0.15) is 4.98 Å². The monoisotopic (exact) mass is 290 g/mol. The summed E-state index contributed by atoms with van der Waals surface area (Å²) in [6.45, 7) is 5.99. The maximum atomic E-state index is 13.2. The number of benzene rings is 1. The Labute approximate surface area is 123 Å². The number of halogens is 1. The number of hydrogen-bond donors (Lipinski definition) is 1. The van der Waals surface area contributed by atoms with Gasteiger partial charge in [-0.1, -0.05) is 17.3 Å². The van der Waals surface area contributed by atoms with E-state index in [0.29, 0.717) is 18.1 Å². The molecule has 2 aromatic rings. The quantitative estimate of drug-likeness (QED) is 0.930. The smallest absolute Gasteiger partial charge is 0.243 e. The molecule has 5 nitrogen and oxygen atoms in total. The number of rotatable bonds is 4. The summed E-state index contributed by atoms with van der Waals surface area (Å²) >= 11 is 0. The summed E-state index contributed by atoms with van der Waals surface area (Å²) in [5.74, 6) is 0.978. The van der Waals surface area contributed by atoms with Gasteiger partial charge >= 0.3 is 0 Å². The van der Waals surface area contributed by atoms with Crippen LogP contribution in [0.15, 0.2) is 28.8 Å². The van der Waals surface area contributed by atoms with Crippen LogP contribution in [0.2, 0.25) is 0 Å². The second-order valence-corrected chi connectivity index (χ2v) is 5.32. The molecule has 1 aromatic carbocycles. The van der Waals surface area contributed by atoms with E-state index in [-0.39, 0.29) is 11.9 Å². The van der Waals surface area contributed by atoms with Crippen molar-refractivity contribution < 1.29 is 8.91 Å². The van der Waals surface area contributed by atoms with Crippen LogP contribution in [0.4, 0.5) is 4.39 Å². The number of piperazine rings is 1. The molecule has 1 aliphatic rings. The molecule has 1 fully saturated rings. The highest BCUT2D eigenvalue weighted by Crippen LogP contribution is 2.19. The third-order valence-electron chi connectivity index (χ3n) is 3.79. The molecule has 0 aliphatic carbocycles. The van der Waals surface area contributed by atoms with Crippen LogP contribution in [0.25, 0.3) is 0 Å². The molecule has 0 radical (unpaired) electrons. The second-order valence-electron chi connectivity index (χ2n) is 5.32. The van der Waals surface area contributed by atoms with E-state index in [2.05, 4.69) is 27.3 Å². The minimum Gasteiger partial charge on any atom is -0.338 e. The van der Waals surface area contributed by atoms with Crippen molar-refractivity contribution in [2.45, 2.75) is 19.4 Å². The molecule has 112 valence electrons. The predicted molar refractivity (Wildman–Crippen MR) is 76.4 cm³/mol. The van der Waals surface area contributed by atoms with Gasteiger partial charge < -0.3 is 9.84 Å². The van der Waals surface area contributed by atoms with Gasteiger partial charge in [-0.15, -0.1) is 0 Å². The standard InChI is InChI=1S/C15H19FN4O/c1-11(20-7-5-17-6-8-20)15-18-14(19-21-15)10-12-3-2-4-13(16)9-12/h2-4,9,11,17H,5-8,10H2,1H3. The lowest BCUT2D eigenvalue weighted by atomic mass is 10.1. The lowest BCUT2D eigenvalue weighted by molar-refractivity contribution is 0.154. The van der Waals surface area contributed by atoms with Gasteiger partial charge in [-0.25, -0.2) is 4.39 Å². The topological polar surface area (TPSA) is 54.2 Å². The molecular weight excluding hydrogens is 271 g/mol. The van der Waals surface area contributed by atoms with Gasteiger partial charge in [0.05, 0.1) is 6.04 Å². The van der Waals surface area contributed by atoms with Crippen LogP contribution in [-0.2, 0) is 6.42 Å². The molecule has 1 saturated heterocycles. The summed E-state index contributed by atoms with van der Waals surface area (Å²) in [6, 6.07) is 6.59. The van der Waals surface area contributed by atoms with E-state index in [1.54, 1.807) is 6.07 Å². The summed E-state index contributed by atoms with van der Waals surface area (Å²) in [6.07, 6.45) is 0.482. The average molecular weight is 290 g/mol. The number of aromatic nitrogens is 2. The number of nitrogens with zero attached hydrogens (tertiary/aromatic N) is 3. The molecule has 1 aromatic heterocycles. The van der Waals surface area contributed by atoms with Gasteiger partial charge in [-0.05, 0) is 24.6 Å². The molecule has 1 unspecified atom stereocenters. The zero-order chi connectivity index (χ0) is 14.7. The van der Waals surface area contributed by atoms with Crippen molar-refractivity contribution >= 4 is 0 Å². The van der Waals surface area contributed by atoms with Gasteiger partial charge in [-0.3, -0.25) is 4.90 Å². The van der Waals surface area contributed by atoms with Crippen LogP contribution in [0.5, 0.6) is 0 Å². The van der Waals surface area contributed by atoms with E-state index >= 15 is 0 Å². The number of hydrogen-bond acceptors (Lipinski definition) is 5. The summed E-state index contributed by atoms with van der Waals surface area (Å²) in [7, 11) is 0. The predicted octanol–water partition coefficient (Wildman–Crippen LogP) is 1.77. The lowest BCUT2D eigenvalue weighted by Crippen LogP contribution is -2.44. The molecule has 1 N–H and O–H groups in total. The van der Waals surface area contributed by atoms with Crippen molar-refractivity contribution in [3.63, 3.8) is 0 Å². The van der Waals surface area contributed by atoms with E-state index in [9.17, 15) is 4.39 Å². The van der Waals surface area contributed by atoms with Gasteiger partial charge in [0, 0.05) is 32.6 Å². The van der Waals surface area contributed by atoms with Crippen LogP contribution in [0.3, 0.4) is 0 Å². The van der Waals surface area contributed by atoms with Gasteiger partial charge in [0.1, 0.15) is 5.82 Å². The van der Waals surface area contributed by atoms with Gasteiger partial charge in [0.15, 0.2) is 5.82 Å². The van der Waals surface area contributed by atoms with Crippen molar-refractivity contribution in [1.82, 2.24) is 20.4 Å². The highest BCUT2D eigenvalue weighted by molar-refractivity contribution is 5.19. The van der Waals surface area contributed by atoms with E-state index in [0.717, 1.165) is 31.7 Å². The Morgan fingerprint density at radius 1 is 1.38 bits per heavy atom. The van der Waals surface area contributed by atoms with Crippen LogP contribution < -0.4 is 5.32 Å². The minimum atomic E-state index is -0.245.